The van der Waals surface area contributed by atoms with Crippen molar-refractivity contribution in [3.8, 4) is 5.75 Å². The predicted octanol–water partition coefficient (Wildman–Crippen LogP) is 0.940. The van der Waals surface area contributed by atoms with E-state index in [1.54, 1.807) is 0 Å². The molecule has 3 N–H and O–H groups in total. The Labute approximate surface area is 112 Å². The van der Waals surface area contributed by atoms with Crippen LogP contribution in [-0.2, 0) is 3.07 Å². The predicted molar refractivity (Wildman–Crippen MR) is 66.3 cm³/mol. The van der Waals surface area contributed by atoms with Gasteiger partial charge in [-0.15, -0.1) is 0 Å². The van der Waals surface area contributed by atoms with Crippen LogP contribution in [0.3, 0.4) is 0 Å². The minimum absolute atomic E-state index is 0.0185. The molecule has 0 heterocycles. The molecule has 0 fully saturated rings. The molecular formula is C10H9IO7. The summed E-state index contributed by atoms with van der Waals surface area (Å²) in [6, 6.07) is 2.03. The smallest absolute Gasteiger partial charge is 0.339 e. The quantitative estimate of drug-likeness (QED) is 0.639. The second kappa shape index (κ2) is 6.40. The molecule has 8 heteroatoms. The van der Waals surface area contributed by atoms with Crippen LogP contribution in [0, 0.1) is 3.57 Å². The third-order valence-electron chi connectivity index (χ3n) is 1.96. The van der Waals surface area contributed by atoms with Gasteiger partial charge in [-0.05, 0) is 12.1 Å². The van der Waals surface area contributed by atoms with Crippen molar-refractivity contribution in [1.29, 1.82) is 0 Å². The van der Waals surface area contributed by atoms with Crippen molar-refractivity contribution in [2.75, 3.05) is 13.2 Å². The van der Waals surface area contributed by atoms with Crippen LogP contribution >= 0.6 is 21.2 Å². The first kappa shape index (κ1) is 14.5. The highest BCUT2D eigenvalue weighted by Crippen LogP contribution is 2.27. The Balaban J connectivity index is 3.37. The van der Waals surface area contributed by atoms with Gasteiger partial charge in [-0.3, -0.25) is 3.07 Å². The Hall–Kier alpha value is -1.55. The summed E-state index contributed by atoms with van der Waals surface area (Å²) in [6.45, 7) is -0.497. The lowest BCUT2D eigenvalue weighted by Crippen LogP contribution is -2.10. The van der Waals surface area contributed by atoms with Gasteiger partial charge in [0.2, 0.25) is 0 Å². The van der Waals surface area contributed by atoms with Gasteiger partial charge in [-0.1, -0.05) is 0 Å². The maximum atomic E-state index is 11.0. The van der Waals surface area contributed by atoms with Crippen LogP contribution in [0.15, 0.2) is 12.1 Å². The Kier molecular flexibility index (Phi) is 5.16. The average molecular weight is 368 g/mol. The van der Waals surface area contributed by atoms with Crippen molar-refractivity contribution in [2.45, 2.75) is 0 Å². The van der Waals surface area contributed by atoms with E-state index in [1.807, 2.05) is 0 Å². The molecule has 1 rings (SSSR count). The number of halogens is 1. The van der Waals surface area contributed by atoms with Gasteiger partial charge in [-0.25, -0.2) is 9.59 Å². The van der Waals surface area contributed by atoms with Crippen molar-refractivity contribution in [3.63, 3.8) is 0 Å². The SMILES string of the molecule is O=Ic1cc(C(=O)O)c(OCCO)cc1C(=O)O. The van der Waals surface area contributed by atoms with Gasteiger partial charge >= 0.3 is 11.9 Å². The molecule has 0 aliphatic heterocycles. The van der Waals surface area contributed by atoms with Crippen LogP contribution in [0.5, 0.6) is 5.75 Å². The summed E-state index contributed by atoms with van der Waals surface area (Å²) in [5, 5.41) is 26.4. The summed E-state index contributed by atoms with van der Waals surface area (Å²) in [5.41, 5.74) is -0.533. The van der Waals surface area contributed by atoms with Crippen LogP contribution in [0.4, 0.5) is 0 Å². The lowest BCUT2D eigenvalue weighted by molar-refractivity contribution is 0.0675. The lowest BCUT2D eigenvalue weighted by Gasteiger charge is -2.10. The lowest BCUT2D eigenvalue weighted by atomic mass is 10.1. The molecule has 0 unspecified atom stereocenters. The van der Waals surface area contributed by atoms with Crippen LogP contribution in [0.25, 0.3) is 0 Å². The fourth-order valence-electron chi connectivity index (χ4n) is 1.22. The number of aliphatic hydroxyl groups is 1. The Morgan fingerprint density at radius 2 is 1.78 bits per heavy atom. The summed E-state index contributed by atoms with van der Waals surface area (Å²) >= 11 is -1.81. The summed E-state index contributed by atoms with van der Waals surface area (Å²) in [7, 11) is 0. The van der Waals surface area contributed by atoms with E-state index in [1.165, 1.54) is 0 Å². The van der Waals surface area contributed by atoms with Gasteiger partial charge in [0.1, 0.15) is 17.9 Å². The number of ether oxygens (including phenoxy) is 1. The van der Waals surface area contributed by atoms with Crippen molar-refractivity contribution >= 4 is 33.1 Å². The van der Waals surface area contributed by atoms with E-state index in [0.29, 0.717) is 0 Å². The van der Waals surface area contributed by atoms with E-state index in [0.717, 1.165) is 12.1 Å². The molecule has 0 bridgehead atoms. The first-order valence-corrected chi connectivity index (χ1v) is 6.62. The van der Waals surface area contributed by atoms with Gasteiger partial charge in [0.05, 0.1) is 15.7 Å². The molecule has 0 aliphatic carbocycles. The summed E-state index contributed by atoms with van der Waals surface area (Å²) < 4.78 is 15.9. The van der Waals surface area contributed by atoms with E-state index in [-0.39, 0.29) is 33.7 Å². The summed E-state index contributed by atoms with van der Waals surface area (Å²) in [4.78, 5) is 21.9. The first-order valence-electron chi connectivity index (χ1n) is 4.66. The number of carboxylic acid groups (broad SMARTS) is 2. The number of benzene rings is 1. The molecule has 18 heavy (non-hydrogen) atoms. The monoisotopic (exact) mass is 368 g/mol. The molecule has 7 nitrogen and oxygen atoms in total. The molecule has 0 saturated carbocycles. The van der Waals surface area contributed by atoms with Gasteiger partial charge < -0.3 is 20.1 Å². The van der Waals surface area contributed by atoms with Crippen molar-refractivity contribution in [3.05, 3.63) is 26.8 Å². The fourth-order valence-corrected chi connectivity index (χ4v) is 2.29. The van der Waals surface area contributed by atoms with E-state index in [9.17, 15) is 12.7 Å². The third-order valence-corrected chi connectivity index (χ3v) is 3.33. The molecule has 0 atom stereocenters. The second-order valence-corrected chi connectivity index (χ2v) is 4.69. The van der Waals surface area contributed by atoms with Crippen LogP contribution in [-0.4, -0.2) is 40.5 Å². The molecule has 0 aliphatic rings. The number of hydrogen-bond donors (Lipinski definition) is 3. The number of hydrogen-bond acceptors (Lipinski definition) is 5. The largest absolute Gasteiger partial charge is 0.490 e. The van der Waals surface area contributed by atoms with E-state index < -0.39 is 33.1 Å². The first-order chi connectivity index (χ1) is 8.51. The van der Waals surface area contributed by atoms with Crippen LogP contribution in [0.1, 0.15) is 20.7 Å². The zero-order valence-electron chi connectivity index (χ0n) is 8.92. The molecule has 1 aromatic carbocycles. The van der Waals surface area contributed by atoms with Crippen molar-refractivity contribution in [1.82, 2.24) is 0 Å². The molecule has 1 aromatic rings. The highest BCUT2D eigenvalue weighted by Gasteiger charge is 2.19. The standard InChI is InChI=1S/C10H9IO7/c12-1-2-18-8-4-5(9(13)14)7(11-17)3-6(8)10(15)16/h3-4,12H,1-2H2,(H,13,14)(H,15,16). The molecule has 0 amide bonds. The van der Waals surface area contributed by atoms with Crippen LogP contribution < -0.4 is 4.74 Å². The Morgan fingerprint density at radius 3 is 2.22 bits per heavy atom. The topological polar surface area (TPSA) is 121 Å². The minimum atomic E-state index is -1.81. The summed E-state index contributed by atoms with van der Waals surface area (Å²) in [5.74, 6) is -2.81. The number of aliphatic hydroxyl groups excluding tert-OH is 1. The van der Waals surface area contributed by atoms with Gasteiger partial charge in [0.25, 0.3) is 0 Å². The van der Waals surface area contributed by atoms with Crippen molar-refractivity contribution < 1.29 is 32.7 Å². The Morgan fingerprint density at radius 1 is 1.17 bits per heavy atom. The van der Waals surface area contributed by atoms with Gasteiger partial charge in [-0.2, -0.15) is 0 Å². The number of carbonyl (C=O) groups is 2. The molecular weight excluding hydrogens is 359 g/mol. The highest BCUT2D eigenvalue weighted by molar-refractivity contribution is 14.1. The second-order valence-electron chi connectivity index (χ2n) is 3.09. The molecule has 0 saturated heterocycles. The fraction of sp³-hybridized carbons (Fsp3) is 0.200. The number of rotatable bonds is 6. The zero-order chi connectivity index (χ0) is 13.7. The van der Waals surface area contributed by atoms with Gasteiger partial charge in [0, 0.05) is 0 Å². The molecule has 98 valence electrons. The third kappa shape index (κ3) is 3.23. The normalized spacial score (nSPS) is 10.1. The van der Waals surface area contributed by atoms with Crippen LogP contribution in [0.2, 0.25) is 0 Å². The average Bonchev–Trinajstić information content (AvgIpc) is 2.34. The minimum Gasteiger partial charge on any atom is -0.490 e. The summed E-state index contributed by atoms with van der Waals surface area (Å²) in [6.07, 6.45) is 0. The maximum absolute atomic E-state index is 11.0. The van der Waals surface area contributed by atoms with E-state index in [4.69, 9.17) is 20.1 Å². The zero-order valence-corrected chi connectivity index (χ0v) is 11.1. The van der Waals surface area contributed by atoms with E-state index >= 15 is 0 Å². The van der Waals surface area contributed by atoms with E-state index in [2.05, 4.69) is 0 Å². The number of carboxylic acids is 2. The van der Waals surface area contributed by atoms with Gasteiger partial charge in [0.15, 0.2) is 21.2 Å². The number of aromatic carboxylic acids is 2. The molecule has 0 spiro atoms. The Bertz CT molecular complexity index is 497. The molecule has 0 radical (unpaired) electrons. The molecule has 0 aromatic heterocycles. The van der Waals surface area contributed by atoms with Crippen molar-refractivity contribution in [2.24, 2.45) is 0 Å². The highest BCUT2D eigenvalue weighted by atomic mass is 127. The maximum Gasteiger partial charge on any atom is 0.339 e.